The van der Waals surface area contributed by atoms with E-state index >= 15 is 0 Å². The van der Waals surface area contributed by atoms with Crippen molar-refractivity contribution in [2.75, 3.05) is 31.5 Å². The Morgan fingerprint density at radius 3 is 2.80 bits per heavy atom. The Hall–Kier alpha value is -1.20. The molecular formula is C15H26N4O. The molecule has 0 saturated carbocycles. The normalized spacial score (nSPS) is 19.0. The fourth-order valence-corrected chi connectivity index (χ4v) is 2.53. The first-order chi connectivity index (χ1) is 9.54. The maximum Gasteiger partial charge on any atom is 0.147 e. The number of anilines is 1. The van der Waals surface area contributed by atoms with E-state index in [1.807, 2.05) is 13.8 Å². The zero-order chi connectivity index (χ0) is 14.5. The van der Waals surface area contributed by atoms with E-state index in [2.05, 4.69) is 27.1 Å². The predicted molar refractivity (Wildman–Crippen MR) is 80.8 cm³/mol. The highest BCUT2D eigenvalue weighted by molar-refractivity contribution is 5.39. The van der Waals surface area contributed by atoms with Crippen LogP contribution in [0.15, 0.2) is 6.20 Å². The van der Waals surface area contributed by atoms with Gasteiger partial charge in [0.05, 0.1) is 17.5 Å². The highest BCUT2D eigenvalue weighted by Crippen LogP contribution is 2.16. The average molecular weight is 278 g/mol. The second-order valence-electron chi connectivity index (χ2n) is 5.96. The molecule has 112 valence electrons. The first-order valence-corrected chi connectivity index (χ1v) is 7.49. The molecule has 20 heavy (non-hydrogen) atoms. The van der Waals surface area contributed by atoms with E-state index in [0.29, 0.717) is 6.54 Å². The van der Waals surface area contributed by atoms with Gasteiger partial charge in [0, 0.05) is 19.3 Å². The molecule has 0 aromatic carbocycles. The first kappa shape index (κ1) is 15.2. The lowest BCUT2D eigenvalue weighted by Gasteiger charge is -2.31. The predicted octanol–water partition coefficient (Wildman–Crippen LogP) is 1.60. The minimum Gasteiger partial charge on any atom is -0.390 e. The third-order valence-corrected chi connectivity index (χ3v) is 3.93. The molecule has 1 fully saturated rings. The molecule has 2 N–H and O–H groups in total. The largest absolute Gasteiger partial charge is 0.390 e. The molecule has 2 rings (SSSR count). The Kier molecular flexibility index (Phi) is 5.31. The topological polar surface area (TPSA) is 61.3 Å². The Bertz CT molecular complexity index is 430. The van der Waals surface area contributed by atoms with Crippen molar-refractivity contribution in [3.63, 3.8) is 0 Å². The molecule has 5 heteroatoms. The van der Waals surface area contributed by atoms with Crippen LogP contribution in [0.2, 0.25) is 0 Å². The van der Waals surface area contributed by atoms with Crippen LogP contribution in [0, 0.1) is 19.8 Å². The molecular weight excluding hydrogens is 252 g/mol. The molecule has 0 radical (unpaired) electrons. The number of aliphatic hydroxyl groups is 1. The number of piperidine rings is 1. The van der Waals surface area contributed by atoms with Gasteiger partial charge in [0.15, 0.2) is 0 Å². The van der Waals surface area contributed by atoms with Crippen LogP contribution < -0.4 is 5.32 Å². The second-order valence-corrected chi connectivity index (χ2v) is 5.96. The van der Waals surface area contributed by atoms with Gasteiger partial charge in [-0.15, -0.1) is 0 Å². The summed E-state index contributed by atoms with van der Waals surface area (Å²) in [5.74, 6) is 1.60. The van der Waals surface area contributed by atoms with E-state index in [1.165, 1.54) is 12.8 Å². The molecule has 0 bridgehead atoms. The van der Waals surface area contributed by atoms with Gasteiger partial charge in [-0.25, -0.2) is 4.98 Å². The standard InChI is InChI=1S/C15H26N4O/c1-11-4-6-19(7-5-11)10-14(20)9-17-15-13(3)16-8-12(2)18-15/h8,11,14,20H,4-7,9-10H2,1-3H3,(H,17,18)/t14-/m1/s1. The lowest BCUT2D eigenvalue weighted by Crippen LogP contribution is -2.40. The minimum atomic E-state index is -0.370. The maximum atomic E-state index is 10.1. The molecule has 1 saturated heterocycles. The number of hydrogen-bond acceptors (Lipinski definition) is 5. The van der Waals surface area contributed by atoms with Gasteiger partial charge in [-0.05, 0) is 45.7 Å². The van der Waals surface area contributed by atoms with E-state index in [-0.39, 0.29) is 6.10 Å². The third kappa shape index (κ3) is 4.42. The molecule has 0 amide bonds. The molecule has 0 aliphatic carbocycles. The number of aromatic nitrogens is 2. The van der Waals surface area contributed by atoms with Gasteiger partial charge in [0.1, 0.15) is 5.82 Å². The van der Waals surface area contributed by atoms with Crippen molar-refractivity contribution in [2.24, 2.45) is 5.92 Å². The Labute approximate surface area is 121 Å². The van der Waals surface area contributed by atoms with Crippen molar-refractivity contribution in [1.29, 1.82) is 0 Å². The highest BCUT2D eigenvalue weighted by atomic mass is 16.3. The summed E-state index contributed by atoms with van der Waals surface area (Å²) in [4.78, 5) is 11.0. The van der Waals surface area contributed by atoms with E-state index < -0.39 is 0 Å². The molecule has 2 heterocycles. The number of nitrogens with one attached hydrogen (secondary N) is 1. The van der Waals surface area contributed by atoms with Crippen molar-refractivity contribution in [3.8, 4) is 0 Å². The summed E-state index contributed by atoms with van der Waals surface area (Å²) in [6.45, 7) is 9.59. The molecule has 1 aromatic rings. The average Bonchev–Trinajstić information content (AvgIpc) is 2.42. The maximum absolute atomic E-state index is 10.1. The number of β-amino-alcohol motifs (C(OH)–C–C–N with tert-alkyl or cyclic N) is 1. The summed E-state index contributed by atoms with van der Waals surface area (Å²) in [6.07, 6.45) is 3.86. The number of aliphatic hydroxyl groups excluding tert-OH is 1. The molecule has 0 unspecified atom stereocenters. The smallest absolute Gasteiger partial charge is 0.147 e. The van der Waals surface area contributed by atoms with Crippen LogP contribution in [0.3, 0.4) is 0 Å². The third-order valence-electron chi connectivity index (χ3n) is 3.93. The van der Waals surface area contributed by atoms with Gasteiger partial charge in [-0.3, -0.25) is 4.98 Å². The molecule has 0 spiro atoms. The van der Waals surface area contributed by atoms with Crippen LogP contribution in [-0.2, 0) is 0 Å². The molecule has 1 aliphatic rings. The highest BCUT2D eigenvalue weighted by Gasteiger charge is 2.18. The second kappa shape index (κ2) is 6.99. The SMILES string of the molecule is Cc1cnc(C)c(NC[C@@H](O)CN2CCC(C)CC2)n1. The fourth-order valence-electron chi connectivity index (χ4n) is 2.53. The van der Waals surface area contributed by atoms with Gasteiger partial charge in [-0.1, -0.05) is 6.92 Å². The summed E-state index contributed by atoms with van der Waals surface area (Å²) >= 11 is 0. The van der Waals surface area contributed by atoms with Gasteiger partial charge in [0.25, 0.3) is 0 Å². The summed E-state index contributed by atoms with van der Waals surface area (Å²) in [5, 5.41) is 13.3. The molecule has 1 aliphatic heterocycles. The number of hydrogen-bond donors (Lipinski definition) is 2. The number of rotatable bonds is 5. The number of nitrogens with zero attached hydrogens (tertiary/aromatic N) is 3. The fraction of sp³-hybridized carbons (Fsp3) is 0.733. The van der Waals surface area contributed by atoms with E-state index in [0.717, 1.165) is 42.8 Å². The Morgan fingerprint density at radius 2 is 2.10 bits per heavy atom. The van der Waals surface area contributed by atoms with E-state index in [1.54, 1.807) is 6.20 Å². The lowest BCUT2D eigenvalue weighted by atomic mass is 9.99. The molecule has 1 aromatic heterocycles. The van der Waals surface area contributed by atoms with Crippen LogP contribution in [0.1, 0.15) is 31.2 Å². The summed E-state index contributed by atoms with van der Waals surface area (Å²) in [6, 6.07) is 0. The van der Waals surface area contributed by atoms with Gasteiger partial charge < -0.3 is 15.3 Å². The Balaban J connectivity index is 1.77. The van der Waals surface area contributed by atoms with Crippen molar-refractivity contribution in [1.82, 2.24) is 14.9 Å². The minimum absolute atomic E-state index is 0.370. The van der Waals surface area contributed by atoms with Gasteiger partial charge in [-0.2, -0.15) is 0 Å². The van der Waals surface area contributed by atoms with Crippen molar-refractivity contribution >= 4 is 5.82 Å². The van der Waals surface area contributed by atoms with Crippen molar-refractivity contribution < 1.29 is 5.11 Å². The quantitative estimate of drug-likeness (QED) is 0.856. The zero-order valence-corrected chi connectivity index (χ0v) is 12.8. The summed E-state index contributed by atoms with van der Waals surface area (Å²) in [5.41, 5.74) is 1.76. The number of aryl methyl sites for hydroxylation is 2. The monoisotopic (exact) mass is 278 g/mol. The summed E-state index contributed by atoms with van der Waals surface area (Å²) < 4.78 is 0. The van der Waals surface area contributed by atoms with Crippen LogP contribution in [0.5, 0.6) is 0 Å². The van der Waals surface area contributed by atoms with Crippen molar-refractivity contribution in [2.45, 2.75) is 39.7 Å². The van der Waals surface area contributed by atoms with E-state index in [4.69, 9.17) is 0 Å². The molecule has 1 atom stereocenters. The van der Waals surface area contributed by atoms with Gasteiger partial charge >= 0.3 is 0 Å². The van der Waals surface area contributed by atoms with Crippen LogP contribution in [-0.4, -0.2) is 52.3 Å². The number of likely N-dealkylation sites (tertiary alicyclic amines) is 1. The van der Waals surface area contributed by atoms with Crippen LogP contribution in [0.25, 0.3) is 0 Å². The first-order valence-electron chi connectivity index (χ1n) is 7.49. The Morgan fingerprint density at radius 1 is 1.40 bits per heavy atom. The van der Waals surface area contributed by atoms with Gasteiger partial charge in [0.2, 0.25) is 0 Å². The van der Waals surface area contributed by atoms with Crippen LogP contribution >= 0.6 is 0 Å². The molecule has 5 nitrogen and oxygen atoms in total. The zero-order valence-electron chi connectivity index (χ0n) is 12.8. The summed E-state index contributed by atoms with van der Waals surface area (Å²) in [7, 11) is 0. The van der Waals surface area contributed by atoms with Crippen LogP contribution in [0.4, 0.5) is 5.82 Å². The van der Waals surface area contributed by atoms with Crippen molar-refractivity contribution in [3.05, 3.63) is 17.6 Å². The lowest BCUT2D eigenvalue weighted by molar-refractivity contribution is 0.0989. The van der Waals surface area contributed by atoms with E-state index in [9.17, 15) is 5.11 Å².